The van der Waals surface area contributed by atoms with Gasteiger partial charge in [-0.15, -0.1) is 0 Å². The van der Waals surface area contributed by atoms with Gasteiger partial charge in [0, 0.05) is 17.5 Å². The van der Waals surface area contributed by atoms with E-state index in [1.165, 1.54) is 17.8 Å². The molecule has 0 aliphatic heterocycles. The second kappa shape index (κ2) is 6.75. The molecular formula is C13H20N2O3S. The maximum absolute atomic E-state index is 11.2. The van der Waals surface area contributed by atoms with E-state index in [1.807, 2.05) is 0 Å². The molecule has 0 bridgehead atoms. The summed E-state index contributed by atoms with van der Waals surface area (Å²) in [6, 6.07) is 1.46. The SMILES string of the molecule is Cc1cc(=O)[nH]c(SCCCCC(C)(C)C(=O)O)n1. The van der Waals surface area contributed by atoms with Crippen molar-refractivity contribution in [3.63, 3.8) is 0 Å². The van der Waals surface area contributed by atoms with Gasteiger partial charge in [0.2, 0.25) is 0 Å². The van der Waals surface area contributed by atoms with Crippen LogP contribution in [0, 0.1) is 12.3 Å². The molecule has 0 radical (unpaired) electrons. The lowest BCUT2D eigenvalue weighted by atomic mass is 9.88. The summed E-state index contributed by atoms with van der Waals surface area (Å²) < 4.78 is 0. The quantitative estimate of drug-likeness (QED) is 0.456. The van der Waals surface area contributed by atoms with Gasteiger partial charge in [-0.25, -0.2) is 4.98 Å². The molecule has 0 amide bonds. The normalized spacial score (nSPS) is 11.5. The van der Waals surface area contributed by atoms with E-state index in [4.69, 9.17) is 5.11 Å². The van der Waals surface area contributed by atoms with Crippen molar-refractivity contribution >= 4 is 17.7 Å². The molecule has 2 N–H and O–H groups in total. The topological polar surface area (TPSA) is 83.0 Å². The minimum Gasteiger partial charge on any atom is -0.481 e. The second-order valence-corrected chi connectivity index (χ2v) is 6.27. The zero-order valence-electron chi connectivity index (χ0n) is 11.5. The van der Waals surface area contributed by atoms with E-state index < -0.39 is 11.4 Å². The van der Waals surface area contributed by atoms with Crippen molar-refractivity contribution in [2.75, 3.05) is 5.75 Å². The fraction of sp³-hybridized carbons (Fsp3) is 0.615. The number of hydrogen-bond donors (Lipinski definition) is 2. The van der Waals surface area contributed by atoms with Crippen LogP contribution in [0.25, 0.3) is 0 Å². The number of aromatic nitrogens is 2. The molecule has 106 valence electrons. The Balaban J connectivity index is 2.32. The summed E-state index contributed by atoms with van der Waals surface area (Å²) in [6.45, 7) is 5.26. The van der Waals surface area contributed by atoms with Crippen LogP contribution in [0.4, 0.5) is 0 Å². The molecule has 0 fully saturated rings. The third-order valence-electron chi connectivity index (χ3n) is 2.86. The van der Waals surface area contributed by atoms with Gasteiger partial charge in [-0.1, -0.05) is 18.2 Å². The van der Waals surface area contributed by atoms with Gasteiger partial charge in [-0.3, -0.25) is 9.59 Å². The number of carboxylic acids is 1. The van der Waals surface area contributed by atoms with Crippen LogP contribution in [0.2, 0.25) is 0 Å². The Bertz CT molecular complexity index is 497. The number of thioether (sulfide) groups is 1. The van der Waals surface area contributed by atoms with Crippen LogP contribution in [0.3, 0.4) is 0 Å². The fourth-order valence-corrected chi connectivity index (χ4v) is 2.49. The number of hydrogen-bond acceptors (Lipinski definition) is 4. The lowest BCUT2D eigenvalue weighted by molar-refractivity contribution is -0.147. The monoisotopic (exact) mass is 284 g/mol. The van der Waals surface area contributed by atoms with Gasteiger partial charge in [0.25, 0.3) is 5.56 Å². The molecule has 1 aromatic heterocycles. The first-order valence-electron chi connectivity index (χ1n) is 6.25. The summed E-state index contributed by atoms with van der Waals surface area (Å²) in [7, 11) is 0. The highest BCUT2D eigenvalue weighted by Crippen LogP contribution is 2.24. The number of carbonyl (C=O) groups is 1. The zero-order valence-corrected chi connectivity index (χ0v) is 12.3. The van der Waals surface area contributed by atoms with Crippen molar-refractivity contribution in [3.8, 4) is 0 Å². The number of aromatic amines is 1. The van der Waals surface area contributed by atoms with E-state index in [2.05, 4.69) is 9.97 Å². The first kappa shape index (κ1) is 15.8. The predicted octanol–water partition coefficient (Wildman–Crippen LogP) is 2.45. The van der Waals surface area contributed by atoms with Crippen molar-refractivity contribution in [2.24, 2.45) is 5.41 Å². The third-order valence-corrected chi connectivity index (χ3v) is 3.82. The molecular weight excluding hydrogens is 264 g/mol. The van der Waals surface area contributed by atoms with Crippen LogP contribution in [-0.4, -0.2) is 26.8 Å². The number of nitrogens with zero attached hydrogens (tertiary/aromatic N) is 1. The van der Waals surface area contributed by atoms with Gasteiger partial charge in [0.1, 0.15) is 0 Å². The molecule has 0 aliphatic carbocycles. The maximum atomic E-state index is 11.2. The van der Waals surface area contributed by atoms with Crippen LogP contribution in [0.15, 0.2) is 16.0 Å². The van der Waals surface area contributed by atoms with Gasteiger partial charge in [0.05, 0.1) is 5.41 Å². The maximum Gasteiger partial charge on any atom is 0.309 e. The zero-order chi connectivity index (χ0) is 14.5. The largest absolute Gasteiger partial charge is 0.481 e. The standard InChI is InChI=1S/C13H20N2O3S/c1-9-8-10(16)15-12(14-9)19-7-5-4-6-13(2,3)11(17)18/h8H,4-7H2,1-3H3,(H,17,18)(H,14,15,16). The predicted molar refractivity (Wildman–Crippen MR) is 75.6 cm³/mol. The third kappa shape index (κ3) is 5.46. The molecule has 0 aromatic carbocycles. The average Bonchev–Trinajstić information content (AvgIpc) is 2.26. The van der Waals surface area contributed by atoms with Crippen molar-refractivity contribution in [3.05, 3.63) is 22.1 Å². The van der Waals surface area contributed by atoms with E-state index in [1.54, 1.807) is 20.8 Å². The highest BCUT2D eigenvalue weighted by molar-refractivity contribution is 7.99. The Morgan fingerprint density at radius 1 is 1.47 bits per heavy atom. The van der Waals surface area contributed by atoms with Crippen molar-refractivity contribution in [2.45, 2.75) is 45.2 Å². The van der Waals surface area contributed by atoms with Crippen molar-refractivity contribution in [1.82, 2.24) is 9.97 Å². The molecule has 1 rings (SSSR count). The molecule has 1 heterocycles. The molecule has 0 saturated heterocycles. The molecule has 5 nitrogen and oxygen atoms in total. The summed E-state index contributed by atoms with van der Waals surface area (Å²) in [6.07, 6.45) is 2.40. The Morgan fingerprint density at radius 3 is 2.74 bits per heavy atom. The Morgan fingerprint density at radius 2 is 2.16 bits per heavy atom. The summed E-state index contributed by atoms with van der Waals surface area (Å²) in [5, 5.41) is 9.61. The van der Waals surface area contributed by atoms with Crippen molar-refractivity contribution < 1.29 is 9.90 Å². The molecule has 19 heavy (non-hydrogen) atoms. The summed E-state index contributed by atoms with van der Waals surface area (Å²) >= 11 is 1.49. The first-order valence-corrected chi connectivity index (χ1v) is 7.24. The van der Waals surface area contributed by atoms with Crippen LogP contribution < -0.4 is 5.56 Å². The molecule has 0 spiro atoms. The van der Waals surface area contributed by atoms with Gasteiger partial charge in [0.15, 0.2) is 5.16 Å². The number of H-pyrrole nitrogens is 1. The Kier molecular flexibility index (Phi) is 5.60. The number of aliphatic carboxylic acids is 1. The number of carboxylic acid groups (broad SMARTS) is 1. The lowest BCUT2D eigenvalue weighted by Gasteiger charge is -2.18. The smallest absolute Gasteiger partial charge is 0.309 e. The number of rotatable bonds is 7. The van der Waals surface area contributed by atoms with Gasteiger partial charge >= 0.3 is 5.97 Å². The minimum atomic E-state index is -0.759. The van der Waals surface area contributed by atoms with E-state index in [-0.39, 0.29) is 5.56 Å². The number of aryl methyl sites for hydroxylation is 1. The number of unbranched alkanes of at least 4 members (excludes halogenated alkanes) is 1. The molecule has 0 saturated carbocycles. The molecule has 6 heteroatoms. The van der Waals surface area contributed by atoms with E-state index >= 15 is 0 Å². The first-order chi connectivity index (χ1) is 8.81. The van der Waals surface area contributed by atoms with Gasteiger partial charge < -0.3 is 10.1 Å². The van der Waals surface area contributed by atoms with Crippen molar-refractivity contribution in [1.29, 1.82) is 0 Å². The highest BCUT2D eigenvalue weighted by atomic mass is 32.2. The van der Waals surface area contributed by atoms with E-state index in [0.29, 0.717) is 17.3 Å². The summed E-state index contributed by atoms with van der Waals surface area (Å²) in [4.78, 5) is 29.1. The second-order valence-electron chi connectivity index (χ2n) is 5.19. The van der Waals surface area contributed by atoms with Crippen LogP contribution in [-0.2, 0) is 4.79 Å². The van der Waals surface area contributed by atoms with E-state index in [9.17, 15) is 9.59 Å². The average molecular weight is 284 g/mol. The summed E-state index contributed by atoms with van der Waals surface area (Å²) in [5.41, 5.74) is -0.0964. The lowest BCUT2D eigenvalue weighted by Crippen LogP contribution is -2.23. The Hall–Kier alpha value is -1.30. The van der Waals surface area contributed by atoms with Crippen LogP contribution >= 0.6 is 11.8 Å². The number of nitrogens with one attached hydrogen (secondary N) is 1. The Labute approximate surface area is 116 Å². The van der Waals surface area contributed by atoms with E-state index in [0.717, 1.165) is 18.6 Å². The molecule has 0 unspecified atom stereocenters. The van der Waals surface area contributed by atoms with Gasteiger partial charge in [-0.05, 0) is 33.6 Å². The fourth-order valence-electron chi connectivity index (χ4n) is 1.56. The molecule has 0 atom stereocenters. The molecule has 1 aromatic rings. The van der Waals surface area contributed by atoms with Crippen LogP contribution in [0.5, 0.6) is 0 Å². The van der Waals surface area contributed by atoms with Crippen LogP contribution in [0.1, 0.15) is 38.8 Å². The molecule has 0 aliphatic rings. The minimum absolute atomic E-state index is 0.137. The van der Waals surface area contributed by atoms with Gasteiger partial charge in [-0.2, -0.15) is 0 Å². The highest BCUT2D eigenvalue weighted by Gasteiger charge is 2.25. The summed E-state index contributed by atoms with van der Waals surface area (Å²) in [5.74, 6) is 0.0621.